The maximum atomic E-state index is 5.98. The number of allylic oxidation sites excluding steroid dienone is 11. The average Bonchev–Trinajstić information content (AvgIpc) is 3.87. The van der Waals surface area contributed by atoms with Crippen molar-refractivity contribution in [3.63, 3.8) is 0 Å². The van der Waals surface area contributed by atoms with Crippen LogP contribution in [0.15, 0.2) is 131 Å². The lowest BCUT2D eigenvalue weighted by Gasteiger charge is -2.41. The van der Waals surface area contributed by atoms with Crippen molar-refractivity contribution in [2.75, 3.05) is 19.7 Å². The minimum absolute atomic E-state index is 0.00338. The maximum Gasteiger partial charge on any atom is 0.253 e. The summed E-state index contributed by atoms with van der Waals surface area (Å²) in [6.45, 7) is 35.0. The lowest BCUT2D eigenvalue weighted by molar-refractivity contribution is 0.332. The highest BCUT2D eigenvalue weighted by molar-refractivity contribution is 7.30. The number of unbranched alkanes of at least 4 members (excludes halogenated alkanes) is 1. The van der Waals surface area contributed by atoms with Gasteiger partial charge >= 0.3 is 0 Å². The Balaban J connectivity index is 1.52. The van der Waals surface area contributed by atoms with Gasteiger partial charge in [0.05, 0.1) is 0 Å². The molecule has 0 saturated carbocycles. The van der Waals surface area contributed by atoms with Crippen molar-refractivity contribution >= 4 is 38.5 Å². The van der Waals surface area contributed by atoms with Crippen LogP contribution < -0.4 is 20.1 Å². The van der Waals surface area contributed by atoms with Gasteiger partial charge in [-0.25, -0.2) is 0 Å². The molecule has 0 fully saturated rings. The number of thiophene rings is 1. The number of rotatable bonds is 17. The Morgan fingerprint density at radius 1 is 0.969 bits per heavy atom. The topological polar surface area (TPSA) is 33.3 Å². The van der Waals surface area contributed by atoms with E-state index in [1.54, 1.807) is 0 Å². The number of hydrogen-bond acceptors (Lipinski definition) is 4. The van der Waals surface area contributed by atoms with Crippen molar-refractivity contribution in [3.8, 4) is 5.75 Å². The van der Waals surface area contributed by atoms with E-state index in [0.29, 0.717) is 31.5 Å². The summed E-state index contributed by atoms with van der Waals surface area (Å²) in [5.74, 6) is 2.20. The molecule has 1 aliphatic heterocycles. The number of nitrogens with one attached hydrogen (secondary N) is 2. The Kier molecular flexibility index (Phi) is 16.4. The van der Waals surface area contributed by atoms with Crippen molar-refractivity contribution in [2.24, 2.45) is 22.7 Å². The predicted octanol–water partition coefficient (Wildman–Crippen LogP) is 15.7. The highest BCUT2D eigenvalue weighted by Crippen LogP contribution is 2.47. The van der Waals surface area contributed by atoms with Crippen LogP contribution in [0, 0.1) is 22.7 Å². The summed E-state index contributed by atoms with van der Waals surface area (Å²) in [5.41, 5.74) is 12.5. The molecule has 3 aliphatic rings. The molecule has 2 aromatic carbocycles. The van der Waals surface area contributed by atoms with Gasteiger partial charge in [0.1, 0.15) is 12.4 Å². The fourth-order valence-corrected chi connectivity index (χ4v) is 10.8. The fraction of sp³-hybridized carbons (Fsp3) is 0.500. The second-order valence-electron chi connectivity index (χ2n) is 22.9. The third-order valence-corrected chi connectivity index (χ3v) is 15.7. The molecule has 0 saturated heterocycles. The zero-order valence-corrected chi connectivity index (χ0v) is 43.8. The van der Waals surface area contributed by atoms with Gasteiger partial charge in [0.2, 0.25) is 0 Å². The van der Waals surface area contributed by atoms with Gasteiger partial charge in [-0.15, -0.1) is 11.3 Å². The lowest BCUT2D eigenvalue weighted by Crippen LogP contribution is -2.40. The summed E-state index contributed by atoms with van der Waals surface area (Å²) < 4.78 is 8.80. The van der Waals surface area contributed by atoms with Gasteiger partial charge in [0.15, 0.2) is 0 Å². The monoisotopic (exact) mass is 891 g/mol. The zero-order valence-electron chi connectivity index (χ0n) is 42.9. The summed E-state index contributed by atoms with van der Waals surface area (Å²) in [7, 11) is 0. The number of benzene rings is 2. The van der Waals surface area contributed by atoms with E-state index in [1.807, 2.05) is 17.4 Å². The molecule has 3 nitrogen and oxygen atoms in total. The number of hydrogen-bond donors (Lipinski definition) is 2. The molecule has 2 N–H and O–H groups in total. The van der Waals surface area contributed by atoms with Gasteiger partial charge in [0.25, 0.3) is 6.71 Å². The molecule has 0 amide bonds. The zero-order chi connectivity index (χ0) is 47.2. The van der Waals surface area contributed by atoms with E-state index in [1.165, 1.54) is 91.4 Å². The molecule has 0 radical (unpaired) electrons. The van der Waals surface area contributed by atoms with Crippen LogP contribution in [0.3, 0.4) is 0 Å². The van der Waals surface area contributed by atoms with E-state index < -0.39 is 0 Å². The minimum atomic E-state index is 0.00338. The van der Waals surface area contributed by atoms with Gasteiger partial charge < -0.3 is 15.4 Å². The molecule has 0 bridgehead atoms. The van der Waals surface area contributed by atoms with E-state index in [2.05, 4.69) is 205 Å². The third kappa shape index (κ3) is 12.8. The van der Waals surface area contributed by atoms with Crippen LogP contribution in [0.4, 0.5) is 0 Å². The van der Waals surface area contributed by atoms with Gasteiger partial charge in [-0.05, 0) is 136 Å². The van der Waals surface area contributed by atoms with Gasteiger partial charge in [-0.3, -0.25) is 0 Å². The van der Waals surface area contributed by atoms with Crippen LogP contribution in [-0.2, 0) is 10.8 Å². The quantitative estimate of drug-likeness (QED) is 0.105. The smallest absolute Gasteiger partial charge is 0.253 e. The molecule has 65 heavy (non-hydrogen) atoms. The van der Waals surface area contributed by atoms with E-state index in [-0.39, 0.29) is 28.4 Å². The molecule has 3 aromatic rings. The molecule has 2 heterocycles. The van der Waals surface area contributed by atoms with Crippen LogP contribution in [0.2, 0.25) is 0 Å². The second kappa shape index (κ2) is 21.2. The minimum Gasteiger partial charge on any atom is -0.488 e. The Morgan fingerprint density at radius 2 is 1.69 bits per heavy atom. The second-order valence-corrected chi connectivity index (χ2v) is 24.0. The molecular formula is C60H83BN2OS. The predicted molar refractivity (Wildman–Crippen MR) is 289 cm³/mol. The molecular weight excluding hydrogens is 808 g/mol. The largest absolute Gasteiger partial charge is 0.488 e. The molecule has 2 atom stereocenters. The van der Waals surface area contributed by atoms with Gasteiger partial charge in [0, 0.05) is 40.3 Å². The van der Waals surface area contributed by atoms with E-state index in [4.69, 9.17) is 4.74 Å². The fourth-order valence-electron chi connectivity index (χ4n) is 9.52. The van der Waals surface area contributed by atoms with Crippen molar-refractivity contribution < 1.29 is 4.74 Å². The number of ether oxygens (including phenoxy) is 1. The van der Waals surface area contributed by atoms with Crippen molar-refractivity contribution in [3.05, 3.63) is 148 Å². The Hall–Kier alpha value is -4.22. The van der Waals surface area contributed by atoms with Crippen molar-refractivity contribution in [1.29, 1.82) is 0 Å². The van der Waals surface area contributed by atoms with Crippen LogP contribution in [0.25, 0.3) is 15.7 Å². The first-order valence-corrected chi connectivity index (χ1v) is 25.8. The Bertz CT molecular complexity index is 2340. The van der Waals surface area contributed by atoms with E-state index in [9.17, 15) is 0 Å². The van der Waals surface area contributed by atoms with Gasteiger partial charge in [-0.1, -0.05) is 180 Å². The summed E-state index contributed by atoms with van der Waals surface area (Å²) in [5, 5.41) is 9.42. The van der Waals surface area contributed by atoms with Crippen LogP contribution in [0.5, 0.6) is 5.75 Å². The Morgan fingerprint density at radius 3 is 2.35 bits per heavy atom. The van der Waals surface area contributed by atoms with E-state index in [0.717, 1.165) is 24.3 Å². The first kappa shape index (κ1) is 50.2. The van der Waals surface area contributed by atoms with Crippen molar-refractivity contribution in [1.82, 2.24) is 10.6 Å². The molecule has 0 spiro atoms. The average molecular weight is 891 g/mol. The molecule has 348 valence electrons. The molecule has 2 aliphatic carbocycles. The molecule has 2 unspecified atom stereocenters. The molecule has 1 aromatic heterocycles. The maximum absolute atomic E-state index is 5.98. The number of para-hydroxylation sites is 1. The Labute approximate surface area is 400 Å². The standard InChI is InChI=1S/C60H83BN2OS/c1-15-17-23-42(3)44-28-30-47(31-29-44)61(56-38-46-37-50-51(39-55(46)65-56)60(13,14)34-33-59(50,11)12)52(40-63-48(16-2)25-22-32-57(5,6)7)53(36-43(4)58(8,9)10)62-35-21-20-24-45-41-64-54-27-19-18-26-49(45)54/h16,18-22,24-28,30-31,36-39,42,44,62-63H,15,17,23,29,32-35,40-41H2,1-14H3/b21-20-,25-22-,43-36+,45-24+,48-16+,53-52-. The third-order valence-electron chi connectivity index (χ3n) is 14.6. The normalized spacial score (nSPS) is 20.2. The van der Waals surface area contributed by atoms with E-state index >= 15 is 0 Å². The number of fused-ring (bicyclic) bond motifs is 3. The first-order chi connectivity index (χ1) is 30.7. The first-order valence-electron chi connectivity index (χ1n) is 25.0. The van der Waals surface area contributed by atoms with Crippen LogP contribution in [-0.4, -0.2) is 26.4 Å². The highest BCUT2D eigenvalue weighted by atomic mass is 32.1. The molecule has 5 heteroatoms. The van der Waals surface area contributed by atoms with Crippen molar-refractivity contribution in [2.45, 2.75) is 153 Å². The summed E-state index contributed by atoms with van der Waals surface area (Å²) >= 11 is 2.01. The molecule has 6 rings (SSSR count). The van der Waals surface area contributed by atoms with Gasteiger partial charge in [-0.2, -0.15) is 0 Å². The summed E-state index contributed by atoms with van der Waals surface area (Å²) in [4.78, 5) is 0. The highest BCUT2D eigenvalue weighted by Gasteiger charge is 2.38. The summed E-state index contributed by atoms with van der Waals surface area (Å²) in [6.07, 6.45) is 32.0. The van der Waals surface area contributed by atoms with Crippen LogP contribution >= 0.6 is 11.3 Å². The summed E-state index contributed by atoms with van der Waals surface area (Å²) in [6, 6.07) is 16.0. The SMILES string of the molecule is C/C=C(\C=C/CC(C)(C)C)NC/C(B(C1=CCC(C(C)CCCC)C=C1)c1cc2cc3c(cc2s1)C(C)(C)CCC3(C)C)=C(\C=C(/C)C(C)(C)C)NC/C=C\C=C1/COc2ccccc21. The lowest BCUT2D eigenvalue weighted by atomic mass is 9.37. The van der Waals surface area contributed by atoms with Crippen LogP contribution in [0.1, 0.15) is 159 Å².